The van der Waals surface area contributed by atoms with Crippen LogP contribution in [-0.4, -0.2) is 27.3 Å². The van der Waals surface area contributed by atoms with E-state index < -0.39 is 0 Å². The first-order valence-corrected chi connectivity index (χ1v) is 7.68. The van der Waals surface area contributed by atoms with Crippen LogP contribution in [0.15, 0.2) is 4.47 Å². The number of rotatable bonds is 7. The molecule has 1 aromatic heterocycles. The molecule has 0 spiro atoms. The lowest BCUT2D eigenvalue weighted by molar-refractivity contribution is 0.203. The molecule has 1 rings (SSSR count). The van der Waals surface area contributed by atoms with Crippen molar-refractivity contribution in [2.24, 2.45) is 7.05 Å². The van der Waals surface area contributed by atoms with Crippen LogP contribution < -0.4 is 0 Å². The first kappa shape index (κ1) is 15.7. The minimum Gasteiger partial charge on any atom is -0.295 e. The largest absolute Gasteiger partial charge is 0.295 e. The Labute approximate surface area is 120 Å². The van der Waals surface area contributed by atoms with Gasteiger partial charge in [-0.2, -0.15) is 5.10 Å². The lowest BCUT2D eigenvalue weighted by atomic mass is 10.2. The molecule has 4 heteroatoms. The Balaban J connectivity index is 2.70. The van der Waals surface area contributed by atoms with E-state index in [4.69, 9.17) is 0 Å². The number of aryl methyl sites for hydroxylation is 2. The molecular weight excluding hydrogens is 290 g/mol. The lowest BCUT2D eigenvalue weighted by Gasteiger charge is -2.26. The van der Waals surface area contributed by atoms with E-state index in [0.29, 0.717) is 6.04 Å². The summed E-state index contributed by atoms with van der Waals surface area (Å²) in [5, 5.41) is 4.46. The zero-order valence-corrected chi connectivity index (χ0v) is 13.9. The Kier molecular flexibility index (Phi) is 6.36. The van der Waals surface area contributed by atoms with Crippen molar-refractivity contribution in [2.45, 2.75) is 59.5 Å². The standard InChI is InChI=1S/C14H26BrN3/c1-6-7-8-9-18(11(2)3)10-13-14(15)12(4)16-17(13)5/h11H,6-10H2,1-5H3. The molecule has 18 heavy (non-hydrogen) atoms. The SMILES string of the molecule is CCCCCN(Cc1c(Br)c(C)nn1C)C(C)C. The summed E-state index contributed by atoms with van der Waals surface area (Å²) in [6, 6.07) is 0.573. The Hall–Kier alpha value is -0.350. The van der Waals surface area contributed by atoms with Crippen molar-refractivity contribution in [3.05, 3.63) is 15.9 Å². The molecule has 1 aromatic rings. The van der Waals surface area contributed by atoms with Gasteiger partial charge in [0, 0.05) is 19.6 Å². The quantitative estimate of drug-likeness (QED) is 0.712. The molecule has 0 aliphatic rings. The Morgan fingerprint density at radius 2 is 2.00 bits per heavy atom. The molecule has 0 aromatic carbocycles. The van der Waals surface area contributed by atoms with Crippen LogP contribution in [0.1, 0.15) is 51.4 Å². The van der Waals surface area contributed by atoms with Gasteiger partial charge in [-0.05, 0) is 49.7 Å². The van der Waals surface area contributed by atoms with Gasteiger partial charge in [-0.25, -0.2) is 0 Å². The minimum atomic E-state index is 0.573. The average Bonchev–Trinajstić information content (AvgIpc) is 2.54. The highest BCUT2D eigenvalue weighted by molar-refractivity contribution is 9.10. The minimum absolute atomic E-state index is 0.573. The average molecular weight is 316 g/mol. The second-order valence-corrected chi connectivity index (χ2v) is 6.03. The highest BCUT2D eigenvalue weighted by Gasteiger charge is 2.16. The van der Waals surface area contributed by atoms with E-state index >= 15 is 0 Å². The van der Waals surface area contributed by atoms with Gasteiger partial charge in [0.05, 0.1) is 15.9 Å². The van der Waals surface area contributed by atoms with Gasteiger partial charge < -0.3 is 0 Å². The number of hydrogen-bond acceptors (Lipinski definition) is 2. The molecule has 0 amide bonds. The summed E-state index contributed by atoms with van der Waals surface area (Å²) >= 11 is 3.65. The predicted molar refractivity (Wildman–Crippen MR) is 80.7 cm³/mol. The third-order valence-corrected chi connectivity index (χ3v) is 4.43. The summed E-state index contributed by atoms with van der Waals surface area (Å²) in [6.45, 7) is 11.0. The van der Waals surface area contributed by atoms with Crippen molar-refractivity contribution < 1.29 is 0 Å². The first-order valence-electron chi connectivity index (χ1n) is 6.89. The fraction of sp³-hybridized carbons (Fsp3) is 0.786. The van der Waals surface area contributed by atoms with Crippen molar-refractivity contribution in [1.29, 1.82) is 0 Å². The van der Waals surface area contributed by atoms with E-state index in [0.717, 1.165) is 16.7 Å². The zero-order chi connectivity index (χ0) is 13.7. The van der Waals surface area contributed by atoms with Crippen molar-refractivity contribution in [3.63, 3.8) is 0 Å². The maximum Gasteiger partial charge on any atom is 0.0739 e. The number of unbranched alkanes of at least 4 members (excludes halogenated alkanes) is 2. The van der Waals surface area contributed by atoms with E-state index in [9.17, 15) is 0 Å². The number of aromatic nitrogens is 2. The Bertz CT molecular complexity index is 371. The molecule has 0 aliphatic carbocycles. The summed E-state index contributed by atoms with van der Waals surface area (Å²) in [5.41, 5.74) is 2.35. The third-order valence-electron chi connectivity index (χ3n) is 3.39. The van der Waals surface area contributed by atoms with Crippen LogP contribution in [0.4, 0.5) is 0 Å². The van der Waals surface area contributed by atoms with Crippen molar-refractivity contribution >= 4 is 15.9 Å². The fourth-order valence-corrected chi connectivity index (χ4v) is 2.59. The smallest absolute Gasteiger partial charge is 0.0739 e. The maximum absolute atomic E-state index is 4.46. The Morgan fingerprint density at radius 3 is 2.44 bits per heavy atom. The van der Waals surface area contributed by atoms with Crippen molar-refractivity contribution in [1.82, 2.24) is 14.7 Å². The molecule has 0 radical (unpaired) electrons. The van der Waals surface area contributed by atoms with Crippen molar-refractivity contribution in [2.75, 3.05) is 6.54 Å². The van der Waals surface area contributed by atoms with E-state index in [2.05, 4.69) is 46.7 Å². The van der Waals surface area contributed by atoms with Crippen LogP contribution in [0.25, 0.3) is 0 Å². The lowest BCUT2D eigenvalue weighted by Crippen LogP contribution is -2.32. The molecule has 3 nitrogen and oxygen atoms in total. The predicted octanol–water partition coefficient (Wildman–Crippen LogP) is 3.89. The topological polar surface area (TPSA) is 21.1 Å². The molecule has 1 heterocycles. The normalized spacial score (nSPS) is 11.8. The summed E-state index contributed by atoms with van der Waals surface area (Å²) in [4.78, 5) is 2.52. The molecule has 0 bridgehead atoms. The molecule has 0 unspecified atom stereocenters. The van der Waals surface area contributed by atoms with E-state index in [1.165, 1.54) is 31.5 Å². The summed E-state index contributed by atoms with van der Waals surface area (Å²) in [5.74, 6) is 0. The van der Waals surface area contributed by atoms with Crippen LogP contribution in [0.3, 0.4) is 0 Å². The number of halogens is 1. The molecule has 104 valence electrons. The van der Waals surface area contributed by atoms with Crippen LogP contribution >= 0.6 is 15.9 Å². The highest BCUT2D eigenvalue weighted by Crippen LogP contribution is 2.22. The van der Waals surface area contributed by atoms with Crippen molar-refractivity contribution in [3.8, 4) is 0 Å². The second-order valence-electron chi connectivity index (χ2n) is 5.24. The van der Waals surface area contributed by atoms with Gasteiger partial charge in [0.1, 0.15) is 0 Å². The molecule has 0 N–H and O–H groups in total. The molecule has 0 aliphatic heterocycles. The molecule has 0 atom stereocenters. The van der Waals surface area contributed by atoms with Crippen LogP contribution in [0.2, 0.25) is 0 Å². The molecule has 0 saturated heterocycles. The number of hydrogen-bond donors (Lipinski definition) is 0. The van der Waals surface area contributed by atoms with E-state index in [-0.39, 0.29) is 0 Å². The van der Waals surface area contributed by atoms with Gasteiger partial charge in [-0.3, -0.25) is 9.58 Å². The number of nitrogens with zero attached hydrogens (tertiary/aromatic N) is 3. The summed E-state index contributed by atoms with van der Waals surface area (Å²) < 4.78 is 3.15. The Morgan fingerprint density at radius 1 is 1.33 bits per heavy atom. The highest BCUT2D eigenvalue weighted by atomic mass is 79.9. The van der Waals surface area contributed by atoms with Gasteiger partial charge in [-0.1, -0.05) is 19.8 Å². The molecular formula is C14H26BrN3. The van der Waals surface area contributed by atoms with E-state index in [1.54, 1.807) is 0 Å². The van der Waals surface area contributed by atoms with E-state index in [1.807, 2.05) is 18.7 Å². The van der Waals surface area contributed by atoms with Crippen LogP contribution in [0, 0.1) is 6.92 Å². The van der Waals surface area contributed by atoms with Gasteiger partial charge in [0.2, 0.25) is 0 Å². The third kappa shape index (κ3) is 4.09. The monoisotopic (exact) mass is 315 g/mol. The fourth-order valence-electron chi connectivity index (χ4n) is 2.13. The van der Waals surface area contributed by atoms with Gasteiger partial charge in [0.15, 0.2) is 0 Å². The molecule has 0 saturated carbocycles. The first-order chi connectivity index (χ1) is 8.47. The summed E-state index contributed by atoms with van der Waals surface area (Å²) in [7, 11) is 2.03. The molecule has 0 fully saturated rings. The van der Waals surface area contributed by atoms with Gasteiger partial charge >= 0.3 is 0 Å². The maximum atomic E-state index is 4.46. The van der Waals surface area contributed by atoms with Gasteiger partial charge in [-0.15, -0.1) is 0 Å². The zero-order valence-electron chi connectivity index (χ0n) is 12.3. The van der Waals surface area contributed by atoms with Gasteiger partial charge in [0.25, 0.3) is 0 Å². The van der Waals surface area contributed by atoms with Crippen LogP contribution in [0.5, 0.6) is 0 Å². The second kappa shape index (κ2) is 7.29. The summed E-state index contributed by atoms with van der Waals surface area (Å²) in [6.07, 6.45) is 3.87. The van der Waals surface area contributed by atoms with Crippen LogP contribution in [-0.2, 0) is 13.6 Å².